The number of aliphatic imine (C=N–C) groups is 1. The average Bonchev–Trinajstić information content (AvgIpc) is 1.94. The summed E-state index contributed by atoms with van der Waals surface area (Å²) in [5.74, 6) is 3.18. The highest BCUT2D eigenvalue weighted by Gasteiger charge is 2.01. The lowest BCUT2D eigenvalue weighted by molar-refractivity contribution is 0.681. The molecule has 1 unspecified atom stereocenters. The lowest BCUT2D eigenvalue weighted by atomic mass is 10.2. The lowest BCUT2D eigenvalue weighted by Crippen LogP contribution is -1.99. The molecular formula is C6H11NS. The van der Waals surface area contributed by atoms with Crippen molar-refractivity contribution in [2.45, 2.75) is 6.92 Å². The molecule has 0 saturated carbocycles. The topological polar surface area (TPSA) is 12.4 Å². The van der Waals surface area contributed by atoms with Gasteiger partial charge in [-0.25, -0.2) is 0 Å². The Morgan fingerprint density at radius 1 is 1.75 bits per heavy atom. The van der Waals surface area contributed by atoms with Gasteiger partial charge in [0, 0.05) is 18.5 Å². The second-order valence-electron chi connectivity index (χ2n) is 2.19. The van der Waals surface area contributed by atoms with E-state index in [1.54, 1.807) is 0 Å². The highest BCUT2D eigenvalue weighted by Crippen LogP contribution is 2.09. The Morgan fingerprint density at radius 2 is 2.62 bits per heavy atom. The monoisotopic (exact) mass is 129 g/mol. The van der Waals surface area contributed by atoms with Gasteiger partial charge in [-0.2, -0.15) is 11.8 Å². The van der Waals surface area contributed by atoms with Crippen LogP contribution in [-0.2, 0) is 0 Å². The summed E-state index contributed by atoms with van der Waals surface area (Å²) >= 11 is 1.97. The molecule has 0 fully saturated rings. The quantitative estimate of drug-likeness (QED) is 0.482. The van der Waals surface area contributed by atoms with Crippen molar-refractivity contribution in [2.75, 3.05) is 18.1 Å². The first kappa shape index (κ1) is 6.14. The standard InChI is InChI=1S/C6H11NS/c1-6-4-7-2-3-8-5-6/h2,6H,3-5H2,1H3. The van der Waals surface area contributed by atoms with Crippen molar-refractivity contribution >= 4 is 18.0 Å². The molecule has 1 rings (SSSR count). The van der Waals surface area contributed by atoms with Crippen molar-refractivity contribution in [1.82, 2.24) is 0 Å². The SMILES string of the molecule is CC1CN=CCSC1. The van der Waals surface area contributed by atoms with Gasteiger partial charge in [0.2, 0.25) is 0 Å². The average molecular weight is 129 g/mol. The Balaban J connectivity index is 2.30. The van der Waals surface area contributed by atoms with Crippen LogP contribution in [0.1, 0.15) is 6.92 Å². The molecule has 0 aromatic carbocycles. The van der Waals surface area contributed by atoms with Crippen molar-refractivity contribution in [3.05, 3.63) is 0 Å². The van der Waals surface area contributed by atoms with E-state index in [9.17, 15) is 0 Å². The van der Waals surface area contributed by atoms with Crippen LogP contribution in [0.5, 0.6) is 0 Å². The first-order valence-electron chi connectivity index (χ1n) is 2.95. The van der Waals surface area contributed by atoms with Gasteiger partial charge in [-0.05, 0) is 11.7 Å². The predicted molar refractivity (Wildman–Crippen MR) is 39.8 cm³/mol. The van der Waals surface area contributed by atoms with Crippen molar-refractivity contribution in [2.24, 2.45) is 10.9 Å². The zero-order chi connectivity index (χ0) is 5.82. The van der Waals surface area contributed by atoms with E-state index in [0.717, 1.165) is 18.2 Å². The summed E-state index contributed by atoms with van der Waals surface area (Å²) in [4.78, 5) is 4.21. The van der Waals surface area contributed by atoms with E-state index in [1.165, 1.54) is 5.75 Å². The Labute approximate surface area is 54.6 Å². The van der Waals surface area contributed by atoms with Crippen molar-refractivity contribution in [3.63, 3.8) is 0 Å². The van der Waals surface area contributed by atoms with E-state index in [4.69, 9.17) is 0 Å². The molecule has 0 radical (unpaired) electrons. The first-order valence-corrected chi connectivity index (χ1v) is 4.11. The number of thioether (sulfide) groups is 1. The third kappa shape index (κ3) is 1.86. The molecule has 1 atom stereocenters. The molecular weight excluding hydrogens is 118 g/mol. The molecule has 0 aromatic rings. The molecule has 1 aliphatic rings. The van der Waals surface area contributed by atoms with Crippen LogP contribution in [0, 0.1) is 5.92 Å². The smallest absolute Gasteiger partial charge is 0.0419 e. The fourth-order valence-electron chi connectivity index (χ4n) is 0.682. The minimum atomic E-state index is 0.791. The molecule has 0 aliphatic carbocycles. The minimum Gasteiger partial charge on any atom is -0.296 e. The fraction of sp³-hybridized carbons (Fsp3) is 0.833. The van der Waals surface area contributed by atoms with Gasteiger partial charge in [-0.1, -0.05) is 6.92 Å². The molecule has 1 nitrogen and oxygen atoms in total. The summed E-state index contributed by atoms with van der Waals surface area (Å²) in [6.07, 6.45) is 2.02. The van der Waals surface area contributed by atoms with Crippen LogP contribution in [-0.4, -0.2) is 24.3 Å². The van der Waals surface area contributed by atoms with Gasteiger partial charge in [0.15, 0.2) is 0 Å². The molecule has 0 amide bonds. The summed E-state index contributed by atoms with van der Waals surface area (Å²) in [6.45, 7) is 3.28. The highest BCUT2D eigenvalue weighted by molar-refractivity contribution is 7.99. The van der Waals surface area contributed by atoms with Gasteiger partial charge in [0.1, 0.15) is 0 Å². The predicted octanol–water partition coefficient (Wildman–Crippen LogP) is 1.44. The summed E-state index contributed by atoms with van der Waals surface area (Å²) < 4.78 is 0. The number of rotatable bonds is 0. The maximum absolute atomic E-state index is 4.21. The number of hydrogen-bond acceptors (Lipinski definition) is 2. The van der Waals surface area contributed by atoms with Crippen molar-refractivity contribution < 1.29 is 0 Å². The highest BCUT2D eigenvalue weighted by atomic mass is 32.2. The van der Waals surface area contributed by atoms with Crippen LogP contribution in [0.4, 0.5) is 0 Å². The summed E-state index contributed by atoms with van der Waals surface area (Å²) in [6, 6.07) is 0. The Bertz CT molecular complexity index is 90.5. The molecule has 0 aromatic heterocycles. The van der Waals surface area contributed by atoms with Crippen LogP contribution in [0.25, 0.3) is 0 Å². The molecule has 0 N–H and O–H groups in total. The van der Waals surface area contributed by atoms with Gasteiger partial charge in [0.05, 0.1) is 0 Å². The number of hydrogen-bond donors (Lipinski definition) is 0. The second kappa shape index (κ2) is 3.13. The van der Waals surface area contributed by atoms with Gasteiger partial charge in [-0.15, -0.1) is 0 Å². The van der Waals surface area contributed by atoms with E-state index in [2.05, 4.69) is 11.9 Å². The molecule has 2 heteroatoms. The van der Waals surface area contributed by atoms with E-state index >= 15 is 0 Å². The molecule has 0 spiro atoms. The van der Waals surface area contributed by atoms with Crippen LogP contribution in [0.15, 0.2) is 4.99 Å². The van der Waals surface area contributed by atoms with E-state index in [0.29, 0.717) is 0 Å². The first-order chi connectivity index (χ1) is 3.89. The normalized spacial score (nSPS) is 29.9. The lowest BCUT2D eigenvalue weighted by Gasteiger charge is -2.00. The van der Waals surface area contributed by atoms with Gasteiger partial charge in [0.25, 0.3) is 0 Å². The van der Waals surface area contributed by atoms with Crippen LogP contribution < -0.4 is 0 Å². The van der Waals surface area contributed by atoms with Gasteiger partial charge < -0.3 is 0 Å². The largest absolute Gasteiger partial charge is 0.296 e. The molecule has 1 heterocycles. The van der Waals surface area contributed by atoms with Crippen LogP contribution in [0.2, 0.25) is 0 Å². The van der Waals surface area contributed by atoms with Gasteiger partial charge >= 0.3 is 0 Å². The van der Waals surface area contributed by atoms with Crippen LogP contribution in [0.3, 0.4) is 0 Å². The molecule has 0 saturated heterocycles. The molecule has 46 valence electrons. The minimum absolute atomic E-state index is 0.791. The van der Waals surface area contributed by atoms with E-state index < -0.39 is 0 Å². The molecule has 1 aliphatic heterocycles. The second-order valence-corrected chi connectivity index (χ2v) is 3.27. The zero-order valence-corrected chi connectivity index (χ0v) is 5.95. The maximum Gasteiger partial charge on any atom is 0.0419 e. The van der Waals surface area contributed by atoms with Crippen LogP contribution >= 0.6 is 11.8 Å². The summed E-state index contributed by atoms with van der Waals surface area (Å²) in [7, 11) is 0. The van der Waals surface area contributed by atoms with Crippen molar-refractivity contribution in [3.8, 4) is 0 Å². The third-order valence-electron chi connectivity index (χ3n) is 1.14. The molecule has 0 bridgehead atoms. The summed E-state index contributed by atoms with van der Waals surface area (Å²) in [5.41, 5.74) is 0. The third-order valence-corrected chi connectivity index (χ3v) is 2.33. The summed E-state index contributed by atoms with van der Waals surface area (Å²) in [5, 5.41) is 0. The Kier molecular flexibility index (Phi) is 2.40. The van der Waals surface area contributed by atoms with Gasteiger partial charge in [-0.3, -0.25) is 4.99 Å². The maximum atomic E-state index is 4.21. The van der Waals surface area contributed by atoms with E-state index in [-0.39, 0.29) is 0 Å². The van der Waals surface area contributed by atoms with Crippen molar-refractivity contribution in [1.29, 1.82) is 0 Å². The fourth-order valence-corrected chi connectivity index (χ4v) is 1.54. The number of nitrogens with zero attached hydrogens (tertiary/aromatic N) is 1. The Morgan fingerprint density at radius 3 is 3.50 bits per heavy atom. The zero-order valence-electron chi connectivity index (χ0n) is 5.13. The molecule has 8 heavy (non-hydrogen) atoms. The van der Waals surface area contributed by atoms with E-state index in [1.807, 2.05) is 18.0 Å². The Hall–Kier alpha value is 0.0200.